The molecule has 1 unspecified atom stereocenters. The summed E-state index contributed by atoms with van der Waals surface area (Å²) in [7, 11) is 3.28. The molecular formula is C15H20O4. The van der Waals surface area contributed by atoms with Gasteiger partial charge in [0.1, 0.15) is 0 Å². The van der Waals surface area contributed by atoms with Crippen molar-refractivity contribution >= 4 is 5.97 Å². The predicted molar refractivity (Wildman–Crippen MR) is 71.9 cm³/mol. The number of esters is 1. The third-order valence-electron chi connectivity index (χ3n) is 3.55. The molecule has 0 N–H and O–H groups in total. The first-order valence-electron chi connectivity index (χ1n) is 6.60. The van der Waals surface area contributed by atoms with E-state index in [0.29, 0.717) is 18.9 Å². The van der Waals surface area contributed by atoms with Gasteiger partial charge in [0.25, 0.3) is 0 Å². The van der Waals surface area contributed by atoms with Crippen LogP contribution in [0.2, 0.25) is 0 Å². The summed E-state index contributed by atoms with van der Waals surface area (Å²) in [6.07, 6.45) is 2.31. The second kappa shape index (κ2) is 5.95. The average Bonchev–Trinajstić information content (AvgIpc) is 2.39. The smallest absolute Gasteiger partial charge is 0.305 e. The standard InChI is InChI=1S/C15H20O4/c1-4-19-15(16)6-5-10-7-11-8-13(17-2)14(18-3)9-12(10)11/h8-10H,4-7H2,1-3H3. The fourth-order valence-corrected chi connectivity index (χ4v) is 2.52. The molecule has 0 fully saturated rings. The third kappa shape index (κ3) is 2.83. The molecule has 1 aliphatic rings. The first-order valence-corrected chi connectivity index (χ1v) is 6.60. The van der Waals surface area contributed by atoms with Crippen molar-refractivity contribution in [3.8, 4) is 11.5 Å². The summed E-state index contributed by atoms with van der Waals surface area (Å²) in [5, 5.41) is 0. The minimum atomic E-state index is -0.114. The van der Waals surface area contributed by atoms with Gasteiger partial charge in [-0.1, -0.05) is 0 Å². The van der Waals surface area contributed by atoms with Gasteiger partial charge in [0.05, 0.1) is 20.8 Å². The number of carbonyl (C=O) groups is 1. The topological polar surface area (TPSA) is 44.8 Å². The first-order chi connectivity index (χ1) is 9.19. The lowest BCUT2D eigenvalue weighted by Crippen LogP contribution is -2.19. The second-order valence-corrected chi connectivity index (χ2v) is 4.65. The molecule has 4 heteroatoms. The van der Waals surface area contributed by atoms with E-state index in [-0.39, 0.29) is 5.97 Å². The monoisotopic (exact) mass is 264 g/mol. The molecule has 0 spiro atoms. The number of hydrogen-bond donors (Lipinski definition) is 0. The molecule has 0 amide bonds. The highest BCUT2D eigenvalue weighted by Crippen LogP contribution is 2.44. The zero-order valence-corrected chi connectivity index (χ0v) is 11.7. The van der Waals surface area contributed by atoms with Gasteiger partial charge in [-0.25, -0.2) is 0 Å². The number of ether oxygens (including phenoxy) is 3. The van der Waals surface area contributed by atoms with Crippen LogP contribution in [0.25, 0.3) is 0 Å². The summed E-state index contributed by atoms with van der Waals surface area (Å²) in [6.45, 7) is 2.28. The van der Waals surface area contributed by atoms with Gasteiger partial charge in [-0.15, -0.1) is 0 Å². The molecule has 1 aromatic rings. The molecule has 104 valence electrons. The van der Waals surface area contributed by atoms with Gasteiger partial charge >= 0.3 is 5.97 Å². The largest absolute Gasteiger partial charge is 0.493 e. The van der Waals surface area contributed by atoms with Gasteiger partial charge in [-0.2, -0.15) is 0 Å². The average molecular weight is 264 g/mol. The fraction of sp³-hybridized carbons (Fsp3) is 0.533. The highest BCUT2D eigenvalue weighted by Gasteiger charge is 2.28. The Morgan fingerprint density at radius 1 is 1.26 bits per heavy atom. The first kappa shape index (κ1) is 13.7. The van der Waals surface area contributed by atoms with E-state index in [1.807, 2.05) is 19.1 Å². The zero-order valence-electron chi connectivity index (χ0n) is 11.7. The van der Waals surface area contributed by atoms with Gasteiger partial charge in [-0.3, -0.25) is 4.79 Å². The van der Waals surface area contributed by atoms with E-state index in [1.54, 1.807) is 14.2 Å². The van der Waals surface area contributed by atoms with Crippen LogP contribution < -0.4 is 9.47 Å². The normalized spacial score (nSPS) is 16.3. The van der Waals surface area contributed by atoms with E-state index in [1.165, 1.54) is 11.1 Å². The molecule has 0 heterocycles. The van der Waals surface area contributed by atoms with Gasteiger partial charge in [0.2, 0.25) is 0 Å². The molecule has 0 aliphatic heterocycles. The molecule has 0 saturated heterocycles. The Morgan fingerprint density at radius 2 is 1.95 bits per heavy atom. The van der Waals surface area contributed by atoms with Crippen molar-refractivity contribution in [3.63, 3.8) is 0 Å². The maximum absolute atomic E-state index is 11.4. The van der Waals surface area contributed by atoms with Crippen molar-refractivity contribution in [1.82, 2.24) is 0 Å². The van der Waals surface area contributed by atoms with E-state index in [4.69, 9.17) is 14.2 Å². The van der Waals surface area contributed by atoms with Crippen LogP contribution in [0.3, 0.4) is 0 Å². The lowest BCUT2D eigenvalue weighted by Gasteiger charge is -2.31. The van der Waals surface area contributed by atoms with Gasteiger partial charge in [-0.05, 0) is 48.9 Å². The van der Waals surface area contributed by atoms with Gasteiger partial charge < -0.3 is 14.2 Å². The van der Waals surface area contributed by atoms with E-state index in [2.05, 4.69) is 0 Å². The van der Waals surface area contributed by atoms with Crippen molar-refractivity contribution in [3.05, 3.63) is 23.3 Å². The summed E-state index contributed by atoms with van der Waals surface area (Å²) < 4.78 is 15.5. The summed E-state index contributed by atoms with van der Waals surface area (Å²) >= 11 is 0. The number of fused-ring (bicyclic) bond motifs is 1. The molecule has 0 radical (unpaired) electrons. The minimum absolute atomic E-state index is 0.114. The molecule has 19 heavy (non-hydrogen) atoms. The molecular weight excluding hydrogens is 244 g/mol. The summed E-state index contributed by atoms with van der Waals surface area (Å²) in [5.41, 5.74) is 2.55. The minimum Gasteiger partial charge on any atom is -0.493 e. The van der Waals surface area contributed by atoms with Crippen molar-refractivity contribution in [2.45, 2.75) is 32.1 Å². The van der Waals surface area contributed by atoms with Crippen molar-refractivity contribution in [1.29, 1.82) is 0 Å². The lowest BCUT2D eigenvalue weighted by atomic mass is 9.75. The second-order valence-electron chi connectivity index (χ2n) is 4.65. The number of methoxy groups -OCH3 is 2. The summed E-state index contributed by atoms with van der Waals surface area (Å²) in [5.74, 6) is 1.84. The molecule has 0 aromatic heterocycles. The maximum Gasteiger partial charge on any atom is 0.305 e. The number of hydrogen-bond acceptors (Lipinski definition) is 4. The van der Waals surface area contributed by atoms with Crippen LogP contribution >= 0.6 is 0 Å². The van der Waals surface area contributed by atoms with E-state index >= 15 is 0 Å². The third-order valence-corrected chi connectivity index (χ3v) is 3.55. The van der Waals surface area contributed by atoms with Crippen LogP contribution in [0, 0.1) is 0 Å². The number of carbonyl (C=O) groups excluding carboxylic acids is 1. The lowest BCUT2D eigenvalue weighted by molar-refractivity contribution is -0.143. The van der Waals surface area contributed by atoms with Crippen LogP contribution in [-0.4, -0.2) is 26.8 Å². The zero-order chi connectivity index (χ0) is 13.8. The van der Waals surface area contributed by atoms with Crippen LogP contribution in [0.4, 0.5) is 0 Å². The molecule has 2 rings (SSSR count). The van der Waals surface area contributed by atoms with Crippen LogP contribution in [0.1, 0.15) is 36.8 Å². The Bertz CT molecular complexity index is 467. The van der Waals surface area contributed by atoms with Crippen molar-refractivity contribution in [2.24, 2.45) is 0 Å². The highest BCUT2D eigenvalue weighted by molar-refractivity contribution is 5.69. The molecule has 4 nitrogen and oxygen atoms in total. The number of benzene rings is 1. The number of rotatable bonds is 6. The summed E-state index contributed by atoms with van der Waals surface area (Å²) in [4.78, 5) is 11.4. The van der Waals surface area contributed by atoms with E-state index in [9.17, 15) is 4.79 Å². The van der Waals surface area contributed by atoms with Crippen LogP contribution in [0.15, 0.2) is 12.1 Å². The Balaban J connectivity index is 2.00. The van der Waals surface area contributed by atoms with Crippen LogP contribution in [0.5, 0.6) is 11.5 Å². The van der Waals surface area contributed by atoms with E-state index < -0.39 is 0 Å². The maximum atomic E-state index is 11.4. The molecule has 0 saturated carbocycles. The van der Waals surface area contributed by atoms with Crippen molar-refractivity contribution in [2.75, 3.05) is 20.8 Å². The Hall–Kier alpha value is -1.71. The van der Waals surface area contributed by atoms with E-state index in [0.717, 1.165) is 24.3 Å². The Kier molecular flexibility index (Phi) is 4.30. The van der Waals surface area contributed by atoms with Gasteiger partial charge in [0.15, 0.2) is 11.5 Å². The molecule has 0 bridgehead atoms. The quantitative estimate of drug-likeness (QED) is 0.741. The predicted octanol–water partition coefficient (Wildman–Crippen LogP) is 2.69. The van der Waals surface area contributed by atoms with Crippen molar-refractivity contribution < 1.29 is 19.0 Å². The van der Waals surface area contributed by atoms with Crippen LogP contribution in [-0.2, 0) is 16.0 Å². The van der Waals surface area contributed by atoms with Gasteiger partial charge in [0, 0.05) is 6.42 Å². The molecule has 1 atom stereocenters. The Labute approximate surface area is 113 Å². The summed E-state index contributed by atoms with van der Waals surface area (Å²) in [6, 6.07) is 4.04. The molecule has 1 aliphatic carbocycles. The fourth-order valence-electron chi connectivity index (χ4n) is 2.52. The molecule has 1 aromatic carbocycles. The Morgan fingerprint density at radius 3 is 2.58 bits per heavy atom. The SMILES string of the molecule is CCOC(=O)CCC1Cc2cc(OC)c(OC)cc21. The highest BCUT2D eigenvalue weighted by atomic mass is 16.5.